The highest BCUT2D eigenvalue weighted by atomic mass is 127. The van der Waals surface area contributed by atoms with E-state index in [4.69, 9.17) is 0 Å². The first-order valence-corrected chi connectivity index (χ1v) is 8.71. The van der Waals surface area contributed by atoms with Crippen molar-refractivity contribution in [2.45, 2.75) is 13.8 Å². The minimum absolute atomic E-state index is 0.0800. The molecular formula is C14H19IN2O2S. The molecule has 0 unspecified atom stereocenters. The maximum atomic E-state index is 11.8. The van der Waals surface area contributed by atoms with Crippen LogP contribution in [0.4, 0.5) is 5.69 Å². The third-order valence-corrected chi connectivity index (χ3v) is 4.34. The largest absolute Gasteiger partial charge is 0.343 e. The summed E-state index contributed by atoms with van der Waals surface area (Å²) >= 11 is 3.56. The molecule has 1 aromatic carbocycles. The lowest BCUT2D eigenvalue weighted by Crippen LogP contribution is -2.32. The number of rotatable bonds is 7. The number of thioether (sulfide) groups is 1. The van der Waals surface area contributed by atoms with Crippen LogP contribution >= 0.6 is 34.4 Å². The molecule has 110 valence electrons. The normalized spacial score (nSPS) is 10.2. The Morgan fingerprint density at radius 1 is 1.15 bits per heavy atom. The summed E-state index contributed by atoms with van der Waals surface area (Å²) in [5, 5.41) is 2.81. The van der Waals surface area contributed by atoms with E-state index >= 15 is 0 Å². The Hall–Kier alpha value is -0.760. The molecule has 0 atom stereocenters. The standard InChI is InChI=1S/C14H19IN2O2S/c1-3-17(4-2)14(19)10-20-9-13(18)16-12-7-5-11(15)6-8-12/h5-8H,3-4,9-10H2,1-2H3,(H,16,18). The lowest BCUT2D eigenvalue weighted by atomic mass is 10.3. The molecule has 0 saturated carbocycles. The fraction of sp³-hybridized carbons (Fsp3) is 0.429. The molecule has 20 heavy (non-hydrogen) atoms. The van der Waals surface area contributed by atoms with Crippen molar-refractivity contribution in [2.75, 3.05) is 29.9 Å². The van der Waals surface area contributed by atoms with Gasteiger partial charge in [0.25, 0.3) is 0 Å². The van der Waals surface area contributed by atoms with E-state index < -0.39 is 0 Å². The zero-order chi connectivity index (χ0) is 15.0. The molecule has 0 aliphatic heterocycles. The van der Waals surface area contributed by atoms with Crippen LogP contribution in [0.2, 0.25) is 0 Å². The number of halogens is 1. The van der Waals surface area contributed by atoms with Crippen LogP contribution in [0.15, 0.2) is 24.3 Å². The number of hydrogen-bond donors (Lipinski definition) is 1. The van der Waals surface area contributed by atoms with Crippen molar-refractivity contribution in [1.82, 2.24) is 4.90 Å². The lowest BCUT2D eigenvalue weighted by Gasteiger charge is -2.18. The smallest absolute Gasteiger partial charge is 0.234 e. The molecule has 0 fully saturated rings. The number of carbonyl (C=O) groups excluding carboxylic acids is 2. The molecular weight excluding hydrogens is 387 g/mol. The van der Waals surface area contributed by atoms with Gasteiger partial charge in [-0.3, -0.25) is 9.59 Å². The van der Waals surface area contributed by atoms with Gasteiger partial charge in [-0.2, -0.15) is 0 Å². The monoisotopic (exact) mass is 406 g/mol. The molecule has 1 N–H and O–H groups in total. The third-order valence-electron chi connectivity index (χ3n) is 2.70. The van der Waals surface area contributed by atoms with E-state index in [1.54, 1.807) is 4.90 Å². The minimum atomic E-state index is -0.0800. The molecule has 0 aliphatic carbocycles. The van der Waals surface area contributed by atoms with Gasteiger partial charge >= 0.3 is 0 Å². The van der Waals surface area contributed by atoms with Gasteiger partial charge in [0, 0.05) is 22.3 Å². The zero-order valence-corrected chi connectivity index (χ0v) is 14.7. The first-order chi connectivity index (χ1) is 9.56. The summed E-state index contributed by atoms with van der Waals surface area (Å²) in [6, 6.07) is 7.61. The van der Waals surface area contributed by atoms with Gasteiger partial charge in [-0.25, -0.2) is 0 Å². The molecule has 0 saturated heterocycles. The molecule has 0 aromatic heterocycles. The van der Waals surface area contributed by atoms with Crippen LogP contribution in [-0.4, -0.2) is 41.3 Å². The van der Waals surface area contributed by atoms with Gasteiger partial charge in [-0.05, 0) is 60.7 Å². The molecule has 1 aromatic rings. The Labute approximate surface area is 137 Å². The number of nitrogens with one attached hydrogen (secondary N) is 1. The predicted octanol–water partition coefficient (Wildman–Crippen LogP) is 2.83. The Bertz CT molecular complexity index is 447. The van der Waals surface area contributed by atoms with E-state index in [1.807, 2.05) is 38.1 Å². The highest BCUT2D eigenvalue weighted by Crippen LogP contribution is 2.12. The number of amides is 2. The maximum Gasteiger partial charge on any atom is 0.234 e. The van der Waals surface area contributed by atoms with Crippen LogP contribution in [-0.2, 0) is 9.59 Å². The number of anilines is 1. The Morgan fingerprint density at radius 3 is 2.30 bits per heavy atom. The highest BCUT2D eigenvalue weighted by molar-refractivity contribution is 14.1. The average molecular weight is 406 g/mol. The van der Waals surface area contributed by atoms with E-state index in [-0.39, 0.29) is 11.8 Å². The number of benzene rings is 1. The first-order valence-electron chi connectivity index (χ1n) is 6.47. The summed E-state index contributed by atoms with van der Waals surface area (Å²) < 4.78 is 1.12. The highest BCUT2D eigenvalue weighted by Gasteiger charge is 2.10. The number of carbonyl (C=O) groups is 2. The van der Waals surface area contributed by atoms with Gasteiger partial charge < -0.3 is 10.2 Å². The Kier molecular flexibility index (Phi) is 7.98. The van der Waals surface area contributed by atoms with E-state index in [2.05, 4.69) is 27.9 Å². The molecule has 0 bridgehead atoms. The lowest BCUT2D eigenvalue weighted by molar-refractivity contribution is -0.127. The van der Waals surface area contributed by atoms with E-state index in [0.29, 0.717) is 24.6 Å². The van der Waals surface area contributed by atoms with Gasteiger partial charge in [0.15, 0.2) is 0 Å². The van der Waals surface area contributed by atoms with Crippen LogP contribution in [0.1, 0.15) is 13.8 Å². The van der Waals surface area contributed by atoms with Gasteiger partial charge in [-0.1, -0.05) is 0 Å². The van der Waals surface area contributed by atoms with Crippen molar-refractivity contribution in [2.24, 2.45) is 0 Å². The van der Waals surface area contributed by atoms with Crippen molar-refractivity contribution < 1.29 is 9.59 Å². The minimum Gasteiger partial charge on any atom is -0.343 e. The van der Waals surface area contributed by atoms with Gasteiger partial charge in [0.1, 0.15) is 0 Å². The van der Waals surface area contributed by atoms with Crippen LogP contribution in [0.25, 0.3) is 0 Å². The topological polar surface area (TPSA) is 49.4 Å². The Morgan fingerprint density at radius 2 is 1.75 bits per heavy atom. The maximum absolute atomic E-state index is 11.8. The van der Waals surface area contributed by atoms with Gasteiger partial charge in [0.05, 0.1) is 11.5 Å². The second-order valence-corrected chi connectivity index (χ2v) is 6.35. The van der Waals surface area contributed by atoms with Crippen molar-refractivity contribution in [3.8, 4) is 0 Å². The summed E-state index contributed by atoms with van der Waals surface area (Å²) in [5.74, 6) is 0.645. The van der Waals surface area contributed by atoms with E-state index in [0.717, 1.165) is 9.26 Å². The fourth-order valence-electron chi connectivity index (χ4n) is 1.63. The van der Waals surface area contributed by atoms with E-state index in [1.165, 1.54) is 11.8 Å². The SMILES string of the molecule is CCN(CC)C(=O)CSCC(=O)Nc1ccc(I)cc1. The van der Waals surface area contributed by atoms with Gasteiger partial charge in [-0.15, -0.1) is 11.8 Å². The zero-order valence-electron chi connectivity index (χ0n) is 11.7. The summed E-state index contributed by atoms with van der Waals surface area (Å²) in [6.45, 7) is 5.33. The van der Waals surface area contributed by atoms with Crippen LogP contribution in [0, 0.1) is 3.57 Å². The van der Waals surface area contributed by atoms with Crippen molar-refractivity contribution in [3.63, 3.8) is 0 Å². The average Bonchev–Trinajstić information content (AvgIpc) is 2.43. The summed E-state index contributed by atoms with van der Waals surface area (Å²) in [5.41, 5.74) is 0.783. The molecule has 6 heteroatoms. The van der Waals surface area contributed by atoms with Crippen LogP contribution < -0.4 is 5.32 Å². The van der Waals surface area contributed by atoms with Crippen LogP contribution in [0.3, 0.4) is 0 Å². The second-order valence-electron chi connectivity index (χ2n) is 4.11. The second kappa shape index (κ2) is 9.23. The molecule has 0 aliphatic rings. The van der Waals surface area contributed by atoms with Crippen molar-refractivity contribution in [1.29, 1.82) is 0 Å². The molecule has 2 amide bonds. The Balaban J connectivity index is 2.30. The molecule has 4 nitrogen and oxygen atoms in total. The third kappa shape index (κ3) is 6.13. The molecule has 0 spiro atoms. The van der Waals surface area contributed by atoms with Gasteiger partial charge in [0.2, 0.25) is 11.8 Å². The number of hydrogen-bond acceptors (Lipinski definition) is 3. The number of nitrogens with zero attached hydrogens (tertiary/aromatic N) is 1. The van der Waals surface area contributed by atoms with Crippen molar-refractivity contribution in [3.05, 3.63) is 27.8 Å². The predicted molar refractivity (Wildman–Crippen MR) is 93.0 cm³/mol. The first kappa shape index (κ1) is 17.3. The van der Waals surface area contributed by atoms with Crippen LogP contribution in [0.5, 0.6) is 0 Å². The fourth-order valence-corrected chi connectivity index (χ4v) is 2.71. The molecule has 0 heterocycles. The summed E-state index contributed by atoms with van der Waals surface area (Å²) in [4.78, 5) is 25.3. The quantitative estimate of drug-likeness (QED) is 0.709. The molecule has 0 radical (unpaired) electrons. The van der Waals surface area contributed by atoms with E-state index in [9.17, 15) is 9.59 Å². The summed E-state index contributed by atoms with van der Waals surface area (Å²) in [6.07, 6.45) is 0. The van der Waals surface area contributed by atoms with Crippen molar-refractivity contribution >= 4 is 51.9 Å². The summed E-state index contributed by atoms with van der Waals surface area (Å²) in [7, 11) is 0. The molecule has 1 rings (SSSR count).